The summed E-state index contributed by atoms with van der Waals surface area (Å²) < 4.78 is 5.96. The summed E-state index contributed by atoms with van der Waals surface area (Å²) in [5, 5.41) is 0. The number of piperidine rings is 1. The molecule has 1 aromatic heterocycles. The summed E-state index contributed by atoms with van der Waals surface area (Å²) >= 11 is 0. The molecule has 3 rings (SSSR count). The monoisotopic (exact) mass is 367 g/mol. The molecule has 0 aliphatic carbocycles. The van der Waals surface area contributed by atoms with Crippen LogP contribution in [0.15, 0.2) is 36.4 Å². The minimum atomic E-state index is 0.0108. The van der Waals surface area contributed by atoms with Crippen LogP contribution in [0.5, 0.6) is 5.88 Å². The van der Waals surface area contributed by atoms with Crippen molar-refractivity contribution in [3.63, 3.8) is 0 Å². The number of nitrogens with zero attached hydrogens (tertiary/aromatic N) is 3. The van der Waals surface area contributed by atoms with Crippen LogP contribution >= 0.6 is 0 Å². The molecule has 1 fully saturated rings. The Bertz CT molecular complexity index is 779. The van der Waals surface area contributed by atoms with Crippen LogP contribution in [0, 0.1) is 13.8 Å². The van der Waals surface area contributed by atoms with E-state index in [1.807, 2.05) is 43.0 Å². The summed E-state index contributed by atoms with van der Waals surface area (Å²) in [5.41, 5.74) is 1.54. The van der Waals surface area contributed by atoms with Crippen molar-refractivity contribution in [3.8, 4) is 5.88 Å². The molecule has 0 bridgehead atoms. The Morgan fingerprint density at radius 3 is 2.44 bits per heavy atom. The maximum absolute atomic E-state index is 12.4. The number of ether oxygens (including phenoxy) is 1. The van der Waals surface area contributed by atoms with E-state index in [0.717, 1.165) is 18.5 Å². The third-order valence-corrected chi connectivity index (χ3v) is 4.69. The first-order chi connectivity index (χ1) is 13.0. The van der Waals surface area contributed by atoms with Crippen molar-refractivity contribution in [2.45, 2.75) is 45.6 Å². The molecule has 2 aromatic rings. The molecule has 6 nitrogen and oxygen atoms in total. The Hall–Kier alpha value is -2.76. The van der Waals surface area contributed by atoms with Gasteiger partial charge in [0.1, 0.15) is 11.9 Å². The number of carbonyl (C=O) groups is 2. The van der Waals surface area contributed by atoms with Gasteiger partial charge in [-0.2, -0.15) is 4.98 Å². The number of hydrogen-bond donors (Lipinski definition) is 0. The molecule has 0 spiro atoms. The zero-order chi connectivity index (χ0) is 19.2. The second-order valence-corrected chi connectivity index (χ2v) is 6.88. The Morgan fingerprint density at radius 2 is 1.78 bits per heavy atom. The van der Waals surface area contributed by atoms with Crippen molar-refractivity contribution in [3.05, 3.63) is 53.5 Å². The number of rotatable bonds is 6. The van der Waals surface area contributed by atoms with Gasteiger partial charge in [0.05, 0.1) is 0 Å². The second-order valence-electron chi connectivity index (χ2n) is 6.88. The van der Waals surface area contributed by atoms with E-state index in [9.17, 15) is 9.59 Å². The van der Waals surface area contributed by atoms with Gasteiger partial charge in [-0.25, -0.2) is 4.98 Å². The maximum Gasteiger partial charge on any atom is 0.223 e. The SMILES string of the molecule is Cc1cc(OC2CCN(C(=O)CCC(=O)c3ccccc3)CC2)nc(C)n1. The van der Waals surface area contributed by atoms with Crippen molar-refractivity contribution in [1.29, 1.82) is 0 Å². The lowest BCUT2D eigenvalue weighted by Gasteiger charge is -2.32. The standard InChI is InChI=1S/C21H25N3O3/c1-15-14-20(23-16(2)22-15)27-18-10-12-24(13-11-18)21(26)9-8-19(25)17-6-4-3-5-7-17/h3-7,14,18H,8-13H2,1-2H3. The Balaban J connectivity index is 1.44. The van der Waals surface area contributed by atoms with Crippen molar-refractivity contribution in [2.24, 2.45) is 0 Å². The normalized spacial score (nSPS) is 14.8. The molecule has 6 heteroatoms. The fraction of sp³-hybridized carbons (Fsp3) is 0.429. The maximum atomic E-state index is 12.4. The van der Waals surface area contributed by atoms with Gasteiger partial charge in [0, 0.05) is 56.1 Å². The molecule has 27 heavy (non-hydrogen) atoms. The molecule has 1 amide bonds. The number of aromatic nitrogens is 2. The summed E-state index contributed by atoms with van der Waals surface area (Å²) in [5.74, 6) is 1.34. The molecule has 2 heterocycles. The van der Waals surface area contributed by atoms with E-state index in [-0.39, 0.29) is 30.6 Å². The number of ketones is 1. The predicted molar refractivity (Wildman–Crippen MR) is 102 cm³/mol. The predicted octanol–water partition coefficient (Wildman–Crippen LogP) is 3.13. The fourth-order valence-corrected chi connectivity index (χ4v) is 3.28. The molecule has 1 saturated heterocycles. The van der Waals surface area contributed by atoms with Gasteiger partial charge in [-0.05, 0) is 13.8 Å². The quantitative estimate of drug-likeness (QED) is 0.734. The zero-order valence-electron chi connectivity index (χ0n) is 15.9. The lowest BCUT2D eigenvalue weighted by Crippen LogP contribution is -2.42. The highest BCUT2D eigenvalue weighted by molar-refractivity contribution is 5.97. The van der Waals surface area contributed by atoms with E-state index in [0.29, 0.717) is 30.4 Å². The van der Waals surface area contributed by atoms with E-state index in [2.05, 4.69) is 9.97 Å². The fourth-order valence-electron chi connectivity index (χ4n) is 3.28. The van der Waals surface area contributed by atoms with E-state index in [1.165, 1.54) is 0 Å². The van der Waals surface area contributed by atoms with Gasteiger partial charge in [-0.3, -0.25) is 9.59 Å². The van der Waals surface area contributed by atoms with Crippen molar-refractivity contribution in [1.82, 2.24) is 14.9 Å². The number of Topliss-reactive ketones (excluding diaryl/α,β-unsaturated/α-hetero) is 1. The van der Waals surface area contributed by atoms with Gasteiger partial charge < -0.3 is 9.64 Å². The average molecular weight is 367 g/mol. The minimum absolute atomic E-state index is 0.0108. The van der Waals surface area contributed by atoms with Crippen LogP contribution in [0.4, 0.5) is 0 Å². The number of likely N-dealkylation sites (tertiary alicyclic amines) is 1. The number of aryl methyl sites for hydroxylation is 2. The topological polar surface area (TPSA) is 72.4 Å². The van der Waals surface area contributed by atoms with E-state index >= 15 is 0 Å². The first-order valence-electron chi connectivity index (χ1n) is 9.36. The van der Waals surface area contributed by atoms with Crippen LogP contribution in [0.2, 0.25) is 0 Å². The molecule has 0 radical (unpaired) electrons. The molecule has 1 aromatic carbocycles. The van der Waals surface area contributed by atoms with Gasteiger partial charge in [0.15, 0.2) is 5.78 Å². The lowest BCUT2D eigenvalue weighted by atomic mass is 10.0. The smallest absolute Gasteiger partial charge is 0.223 e. The molecule has 0 N–H and O–H groups in total. The third-order valence-electron chi connectivity index (χ3n) is 4.69. The van der Waals surface area contributed by atoms with E-state index in [1.54, 1.807) is 12.1 Å². The van der Waals surface area contributed by atoms with Crippen LogP contribution in [-0.2, 0) is 4.79 Å². The number of hydrogen-bond acceptors (Lipinski definition) is 5. The highest BCUT2D eigenvalue weighted by Gasteiger charge is 2.24. The van der Waals surface area contributed by atoms with Crippen LogP contribution in [0.1, 0.15) is 47.6 Å². The van der Waals surface area contributed by atoms with Gasteiger partial charge in [0.2, 0.25) is 11.8 Å². The first-order valence-corrected chi connectivity index (χ1v) is 9.36. The summed E-state index contributed by atoms with van der Waals surface area (Å²) in [6, 6.07) is 10.9. The second kappa shape index (κ2) is 8.75. The molecule has 142 valence electrons. The van der Waals surface area contributed by atoms with Crippen LogP contribution < -0.4 is 4.74 Å². The van der Waals surface area contributed by atoms with E-state index in [4.69, 9.17) is 4.74 Å². The number of carbonyl (C=O) groups excluding carboxylic acids is 2. The van der Waals surface area contributed by atoms with Crippen LogP contribution in [0.3, 0.4) is 0 Å². The molecule has 1 aliphatic heterocycles. The summed E-state index contributed by atoms with van der Waals surface area (Å²) in [6.07, 6.45) is 2.08. The highest BCUT2D eigenvalue weighted by Crippen LogP contribution is 2.19. The number of benzene rings is 1. The molecule has 0 saturated carbocycles. The minimum Gasteiger partial charge on any atom is -0.474 e. The summed E-state index contributed by atoms with van der Waals surface area (Å²) in [4.78, 5) is 34.9. The summed E-state index contributed by atoms with van der Waals surface area (Å²) in [7, 11) is 0. The van der Waals surface area contributed by atoms with Gasteiger partial charge in [-0.1, -0.05) is 30.3 Å². The molecule has 0 atom stereocenters. The van der Waals surface area contributed by atoms with Crippen molar-refractivity contribution < 1.29 is 14.3 Å². The van der Waals surface area contributed by atoms with E-state index < -0.39 is 0 Å². The largest absolute Gasteiger partial charge is 0.474 e. The van der Waals surface area contributed by atoms with Crippen LogP contribution in [0.25, 0.3) is 0 Å². The lowest BCUT2D eigenvalue weighted by molar-refractivity contribution is -0.132. The molecule has 0 unspecified atom stereocenters. The molecular weight excluding hydrogens is 342 g/mol. The molecule has 1 aliphatic rings. The average Bonchev–Trinajstić information content (AvgIpc) is 2.66. The summed E-state index contributed by atoms with van der Waals surface area (Å²) in [6.45, 7) is 5.05. The zero-order valence-corrected chi connectivity index (χ0v) is 15.9. The van der Waals surface area contributed by atoms with Crippen molar-refractivity contribution >= 4 is 11.7 Å². The van der Waals surface area contributed by atoms with Gasteiger partial charge in [0.25, 0.3) is 0 Å². The van der Waals surface area contributed by atoms with Gasteiger partial charge in [-0.15, -0.1) is 0 Å². The third kappa shape index (κ3) is 5.36. The number of amides is 1. The molecular formula is C21H25N3O3. The Kier molecular flexibility index (Phi) is 6.16. The Morgan fingerprint density at radius 1 is 1.07 bits per heavy atom. The van der Waals surface area contributed by atoms with Crippen molar-refractivity contribution in [2.75, 3.05) is 13.1 Å². The van der Waals surface area contributed by atoms with Gasteiger partial charge >= 0.3 is 0 Å². The first kappa shape index (κ1) is 19.0. The highest BCUT2D eigenvalue weighted by atomic mass is 16.5. The van der Waals surface area contributed by atoms with Crippen LogP contribution in [-0.4, -0.2) is 45.8 Å². The Labute approximate surface area is 159 Å².